The summed E-state index contributed by atoms with van der Waals surface area (Å²) >= 11 is 0. The number of aliphatic hydroxyl groups is 1. The molecule has 5 aromatic carbocycles. The zero-order chi connectivity index (χ0) is 37.9. The van der Waals surface area contributed by atoms with Crippen molar-refractivity contribution < 1.29 is 24.2 Å². The number of aliphatic hydroxyl groups excluding tert-OH is 1. The number of carbonyl (C=O) groups excluding carboxylic acids is 2. The van der Waals surface area contributed by atoms with Crippen LogP contribution in [-0.4, -0.2) is 48.1 Å². The van der Waals surface area contributed by atoms with Crippen LogP contribution in [0.2, 0.25) is 0 Å². The molecule has 0 saturated carbocycles. The lowest BCUT2D eigenvalue weighted by atomic mass is 9.97. The molecule has 282 valence electrons. The van der Waals surface area contributed by atoms with Crippen molar-refractivity contribution in [2.75, 3.05) is 20.1 Å². The van der Waals surface area contributed by atoms with Crippen LogP contribution in [0.3, 0.4) is 0 Å². The fraction of sp³-hybridized carbons (Fsp3) is 0.348. The number of nitrogens with zero attached hydrogens (tertiary/aromatic N) is 1. The minimum Gasteiger partial charge on any atom is -0.392 e. The molecule has 0 bridgehead atoms. The number of likely N-dealkylation sites (N-methyl/N-ethyl adjacent to an activating group) is 1. The third kappa shape index (κ3) is 10.4. The summed E-state index contributed by atoms with van der Waals surface area (Å²) in [6, 6.07) is 39.8. The maximum absolute atomic E-state index is 12.6. The van der Waals surface area contributed by atoms with Gasteiger partial charge in [0.1, 0.15) is 0 Å². The molecule has 1 heterocycles. The Balaban J connectivity index is 1.13. The van der Waals surface area contributed by atoms with E-state index in [1.165, 1.54) is 23.3 Å². The number of rotatable bonds is 16. The minimum absolute atomic E-state index is 0.00158. The maximum atomic E-state index is 12.6. The summed E-state index contributed by atoms with van der Waals surface area (Å²) < 4.78 is 13.4. The molecule has 1 saturated heterocycles. The van der Waals surface area contributed by atoms with Gasteiger partial charge in [-0.1, -0.05) is 116 Å². The van der Waals surface area contributed by atoms with Gasteiger partial charge in [-0.2, -0.15) is 0 Å². The first-order valence-electron chi connectivity index (χ1n) is 19.2. The molecule has 2 amide bonds. The van der Waals surface area contributed by atoms with Gasteiger partial charge in [0.25, 0.3) is 0 Å². The van der Waals surface area contributed by atoms with Gasteiger partial charge in [-0.15, -0.1) is 0 Å². The van der Waals surface area contributed by atoms with Crippen LogP contribution in [0.5, 0.6) is 0 Å². The van der Waals surface area contributed by atoms with Gasteiger partial charge >= 0.3 is 0 Å². The largest absolute Gasteiger partial charge is 0.392 e. The standard InChI is InChI=1S/C46H53N3O5/c1-32(39-25-20-35-11-6-7-12-40(35)27-39)49(3)30-42-28-44(37-18-16-34(31-50)17-19-37)54-46(53-42)38-23-21-36(22-24-38)43-14-9-8-13-41(43)29-48-45(52)15-5-4-10-26-47-33(2)51/h6-9,11-14,16-25,27,32,42,44,46,50H,4-5,10,15,26,28-31H2,1-3H3,(H,47,51)(H,48,52)/t32-,42-,44+,46+/m1/s1. The van der Waals surface area contributed by atoms with E-state index in [2.05, 4.69) is 108 Å². The van der Waals surface area contributed by atoms with Crippen LogP contribution in [0.1, 0.15) is 92.2 Å². The topological polar surface area (TPSA) is 100 Å². The normalized spacial score (nSPS) is 17.7. The summed E-state index contributed by atoms with van der Waals surface area (Å²) in [7, 11) is 2.16. The van der Waals surface area contributed by atoms with Crippen LogP contribution >= 0.6 is 0 Å². The van der Waals surface area contributed by atoms with E-state index in [1.807, 2.05) is 36.4 Å². The van der Waals surface area contributed by atoms with Gasteiger partial charge in [0.15, 0.2) is 6.29 Å². The van der Waals surface area contributed by atoms with E-state index in [0.29, 0.717) is 25.9 Å². The number of unbranched alkanes of at least 4 members (excludes halogenated alkanes) is 2. The monoisotopic (exact) mass is 727 g/mol. The highest BCUT2D eigenvalue weighted by Gasteiger charge is 2.33. The summed E-state index contributed by atoms with van der Waals surface area (Å²) in [5, 5.41) is 18.0. The molecule has 1 fully saturated rings. The number of nitrogens with one attached hydrogen (secondary N) is 2. The number of carbonyl (C=O) groups is 2. The number of ether oxygens (including phenoxy) is 2. The van der Waals surface area contributed by atoms with Crippen LogP contribution in [0.15, 0.2) is 115 Å². The molecule has 4 atom stereocenters. The van der Waals surface area contributed by atoms with E-state index in [1.54, 1.807) is 0 Å². The molecular weight excluding hydrogens is 675 g/mol. The van der Waals surface area contributed by atoms with E-state index >= 15 is 0 Å². The Labute approximate surface area is 319 Å². The molecule has 54 heavy (non-hydrogen) atoms. The number of amides is 2. The van der Waals surface area contributed by atoms with Crippen LogP contribution in [-0.2, 0) is 32.2 Å². The molecular formula is C46H53N3O5. The predicted molar refractivity (Wildman–Crippen MR) is 214 cm³/mol. The Morgan fingerprint density at radius 2 is 1.54 bits per heavy atom. The van der Waals surface area contributed by atoms with Crippen LogP contribution in [0, 0.1) is 0 Å². The van der Waals surface area contributed by atoms with Crippen molar-refractivity contribution in [3.8, 4) is 11.1 Å². The Morgan fingerprint density at radius 1 is 0.815 bits per heavy atom. The van der Waals surface area contributed by atoms with Gasteiger partial charge in [0.2, 0.25) is 11.8 Å². The lowest BCUT2D eigenvalue weighted by molar-refractivity contribution is -0.253. The maximum Gasteiger partial charge on any atom is 0.220 e. The lowest BCUT2D eigenvalue weighted by Gasteiger charge is -2.39. The van der Waals surface area contributed by atoms with Crippen molar-refractivity contribution in [2.45, 2.75) is 83.6 Å². The highest BCUT2D eigenvalue weighted by atomic mass is 16.7. The minimum atomic E-state index is -0.558. The molecule has 0 aromatic heterocycles. The summed E-state index contributed by atoms with van der Waals surface area (Å²) in [6.45, 7) is 5.58. The number of benzene rings is 5. The molecule has 0 unspecified atom stereocenters. The first kappa shape index (κ1) is 38.9. The Morgan fingerprint density at radius 3 is 2.30 bits per heavy atom. The van der Waals surface area contributed by atoms with Crippen molar-refractivity contribution in [3.63, 3.8) is 0 Å². The van der Waals surface area contributed by atoms with Gasteiger partial charge < -0.3 is 25.2 Å². The van der Waals surface area contributed by atoms with E-state index in [0.717, 1.165) is 59.2 Å². The fourth-order valence-corrected chi connectivity index (χ4v) is 7.14. The first-order chi connectivity index (χ1) is 26.3. The second kappa shape index (κ2) is 18.9. The highest BCUT2D eigenvalue weighted by molar-refractivity contribution is 5.83. The number of hydrogen-bond donors (Lipinski definition) is 3. The van der Waals surface area contributed by atoms with Gasteiger partial charge in [-0.05, 0) is 77.0 Å². The third-order valence-corrected chi connectivity index (χ3v) is 10.5. The van der Waals surface area contributed by atoms with Crippen molar-refractivity contribution in [2.24, 2.45) is 0 Å². The van der Waals surface area contributed by atoms with Gasteiger partial charge in [0, 0.05) is 51.0 Å². The van der Waals surface area contributed by atoms with Crippen molar-refractivity contribution in [1.29, 1.82) is 0 Å². The summed E-state index contributed by atoms with van der Waals surface area (Å²) in [5.41, 5.74) is 7.30. The molecule has 8 nitrogen and oxygen atoms in total. The second-order valence-electron chi connectivity index (χ2n) is 14.4. The molecule has 5 aromatic rings. The van der Waals surface area contributed by atoms with Gasteiger partial charge in [0.05, 0.1) is 18.8 Å². The molecule has 0 spiro atoms. The van der Waals surface area contributed by atoms with E-state index in [-0.39, 0.29) is 36.7 Å². The zero-order valence-corrected chi connectivity index (χ0v) is 31.7. The lowest BCUT2D eigenvalue weighted by Crippen LogP contribution is -2.38. The second-order valence-corrected chi connectivity index (χ2v) is 14.4. The third-order valence-electron chi connectivity index (χ3n) is 10.5. The van der Waals surface area contributed by atoms with Gasteiger partial charge in [-0.25, -0.2) is 0 Å². The summed E-state index contributed by atoms with van der Waals surface area (Å²) in [4.78, 5) is 26.0. The van der Waals surface area contributed by atoms with E-state index in [9.17, 15) is 14.7 Å². The fourth-order valence-electron chi connectivity index (χ4n) is 7.14. The molecule has 1 aliphatic heterocycles. The summed E-state index contributed by atoms with van der Waals surface area (Å²) in [6.07, 6.45) is 2.90. The SMILES string of the molecule is CC(=O)NCCCCCC(=O)NCc1ccccc1-c1ccc([C@H]2O[C@@H](CN(C)[C@H](C)c3ccc4ccccc4c3)C[C@@H](c3ccc(CO)cc3)O2)cc1. The molecule has 6 rings (SSSR count). The van der Waals surface area contributed by atoms with Crippen molar-refractivity contribution in [3.05, 3.63) is 143 Å². The zero-order valence-electron chi connectivity index (χ0n) is 31.7. The average Bonchev–Trinajstić information content (AvgIpc) is 3.20. The molecule has 3 N–H and O–H groups in total. The Hall–Kier alpha value is -4.86. The van der Waals surface area contributed by atoms with Crippen molar-refractivity contribution >= 4 is 22.6 Å². The Kier molecular flexibility index (Phi) is 13.6. The number of hydrogen-bond acceptors (Lipinski definition) is 6. The van der Waals surface area contributed by atoms with Crippen LogP contribution in [0.25, 0.3) is 21.9 Å². The van der Waals surface area contributed by atoms with Gasteiger partial charge in [-0.3, -0.25) is 14.5 Å². The summed E-state index contributed by atoms with van der Waals surface area (Å²) in [5.74, 6) is 0.00114. The van der Waals surface area contributed by atoms with Crippen LogP contribution < -0.4 is 10.6 Å². The predicted octanol–water partition coefficient (Wildman–Crippen LogP) is 8.55. The highest BCUT2D eigenvalue weighted by Crippen LogP contribution is 2.39. The molecule has 8 heteroatoms. The van der Waals surface area contributed by atoms with Crippen molar-refractivity contribution in [1.82, 2.24) is 15.5 Å². The van der Waals surface area contributed by atoms with E-state index < -0.39 is 6.29 Å². The average molecular weight is 728 g/mol. The smallest absolute Gasteiger partial charge is 0.220 e. The quantitative estimate of drug-likeness (QED) is 0.0882. The number of fused-ring (bicyclic) bond motifs is 1. The molecule has 0 aliphatic carbocycles. The first-order valence-corrected chi connectivity index (χ1v) is 19.2. The Bertz CT molecular complexity index is 1980. The molecule has 1 aliphatic rings. The van der Waals surface area contributed by atoms with E-state index in [4.69, 9.17) is 9.47 Å². The van der Waals surface area contributed by atoms with Crippen LogP contribution in [0.4, 0.5) is 0 Å². The molecule has 0 radical (unpaired) electrons.